The summed E-state index contributed by atoms with van der Waals surface area (Å²) in [6, 6.07) is 4.15. The van der Waals surface area contributed by atoms with Crippen LogP contribution in [0.2, 0.25) is 0 Å². The van der Waals surface area contributed by atoms with Crippen molar-refractivity contribution in [2.75, 3.05) is 13.1 Å². The Bertz CT molecular complexity index is 460. The molecule has 1 saturated heterocycles. The van der Waals surface area contributed by atoms with E-state index in [9.17, 15) is 4.79 Å². The molecule has 20 heavy (non-hydrogen) atoms. The first kappa shape index (κ1) is 15.6. The molecule has 112 valence electrons. The van der Waals surface area contributed by atoms with Crippen LogP contribution in [-0.4, -0.2) is 29.1 Å². The molecule has 1 aromatic rings. The van der Waals surface area contributed by atoms with Gasteiger partial charge in [-0.25, -0.2) is 0 Å². The standard InChI is InChI=1S/C15H22BrNO3/c1-10(8-15(18)19)12-4-3-7-17(9-12)11(2)13-5-6-14(16)20-13/h5-6,10-12H,3-4,7-9H2,1-2H3,(H,18,19). The average molecular weight is 344 g/mol. The topological polar surface area (TPSA) is 53.7 Å². The van der Waals surface area contributed by atoms with Crippen LogP contribution in [0.5, 0.6) is 0 Å². The van der Waals surface area contributed by atoms with Gasteiger partial charge in [0.2, 0.25) is 0 Å². The first-order chi connectivity index (χ1) is 9.47. The number of carbonyl (C=O) groups is 1. The van der Waals surface area contributed by atoms with E-state index < -0.39 is 5.97 Å². The zero-order valence-corrected chi connectivity index (χ0v) is 13.6. The van der Waals surface area contributed by atoms with Gasteiger partial charge in [-0.2, -0.15) is 0 Å². The monoisotopic (exact) mass is 343 g/mol. The molecule has 0 saturated carbocycles. The third-order valence-electron chi connectivity index (χ3n) is 4.34. The second kappa shape index (κ2) is 6.76. The molecule has 3 unspecified atom stereocenters. The van der Waals surface area contributed by atoms with Crippen molar-refractivity contribution >= 4 is 21.9 Å². The van der Waals surface area contributed by atoms with Crippen LogP contribution in [0.25, 0.3) is 0 Å². The van der Waals surface area contributed by atoms with Crippen molar-refractivity contribution in [2.24, 2.45) is 11.8 Å². The van der Waals surface area contributed by atoms with Gasteiger partial charge < -0.3 is 9.52 Å². The van der Waals surface area contributed by atoms with Gasteiger partial charge in [0, 0.05) is 13.0 Å². The quantitative estimate of drug-likeness (QED) is 0.879. The van der Waals surface area contributed by atoms with Crippen molar-refractivity contribution in [2.45, 2.75) is 39.2 Å². The maximum atomic E-state index is 10.9. The van der Waals surface area contributed by atoms with E-state index in [0.29, 0.717) is 5.92 Å². The summed E-state index contributed by atoms with van der Waals surface area (Å²) < 4.78 is 6.40. The van der Waals surface area contributed by atoms with Crippen molar-refractivity contribution in [3.8, 4) is 0 Å². The number of carboxylic acids is 1. The molecule has 3 atom stereocenters. The third-order valence-corrected chi connectivity index (χ3v) is 4.77. The van der Waals surface area contributed by atoms with Crippen LogP contribution in [0.15, 0.2) is 21.2 Å². The molecular weight excluding hydrogens is 322 g/mol. The Labute approximate surface area is 128 Å². The number of halogens is 1. The lowest BCUT2D eigenvalue weighted by Crippen LogP contribution is -2.39. The van der Waals surface area contributed by atoms with Crippen LogP contribution in [0.4, 0.5) is 0 Å². The Kier molecular flexibility index (Phi) is 5.27. The van der Waals surface area contributed by atoms with Gasteiger partial charge in [0.25, 0.3) is 0 Å². The molecule has 0 bridgehead atoms. The van der Waals surface area contributed by atoms with E-state index in [2.05, 4.69) is 34.7 Å². The SMILES string of the molecule is CC(CC(=O)O)C1CCCN(C(C)c2ccc(Br)o2)C1. The maximum Gasteiger partial charge on any atom is 0.303 e. The molecule has 1 fully saturated rings. The van der Waals surface area contributed by atoms with Crippen LogP contribution in [0.3, 0.4) is 0 Å². The summed E-state index contributed by atoms with van der Waals surface area (Å²) in [5.74, 6) is 0.951. The fourth-order valence-corrected chi connectivity index (χ4v) is 3.35. The van der Waals surface area contributed by atoms with Gasteiger partial charge >= 0.3 is 5.97 Å². The second-order valence-corrected chi connectivity index (χ2v) is 6.57. The molecule has 1 N–H and O–H groups in total. The summed E-state index contributed by atoms with van der Waals surface area (Å²) in [5, 5.41) is 8.94. The summed E-state index contributed by atoms with van der Waals surface area (Å²) in [5.41, 5.74) is 0. The van der Waals surface area contributed by atoms with Crippen molar-refractivity contribution in [1.82, 2.24) is 4.90 Å². The van der Waals surface area contributed by atoms with E-state index in [1.165, 1.54) is 0 Å². The largest absolute Gasteiger partial charge is 0.481 e. The van der Waals surface area contributed by atoms with Crippen molar-refractivity contribution in [3.63, 3.8) is 0 Å². The van der Waals surface area contributed by atoms with Gasteiger partial charge in [0.05, 0.1) is 6.04 Å². The minimum absolute atomic E-state index is 0.228. The first-order valence-corrected chi connectivity index (χ1v) is 7.97. The van der Waals surface area contributed by atoms with Gasteiger partial charge in [-0.1, -0.05) is 6.92 Å². The summed E-state index contributed by atoms with van der Waals surface area (Å²) in [6.45, 7) is 6.20. The Balaban J connectivity index is 1.97. The van der Waals surface area contributed by atoms with E-state index in [1.54, 1.807) is 0 Å². The number of hydrogen-bond donors (Lipinski definition) is 1. The van der Waals surface area contributed by atoms with E-state index in [4.69, 9.17) is 9.52 Å². The Morgan fingerprint density at radius 1 is 1.55 bits per heavy atom. The summed E-state index contributed by atoms with van der Waals surface area (Å²) in [6.07, 6.45) is 2.51. The van der Waals surface area contributed by atoms with Crippen LogP contribution in [0.1, 0.15) is 44.9 Å². The molecule has 2 rings (SSSR count). The average Bonchev–Trinajstić information content (AvgIpc) is 2.84. The fraction of sp³-hybridized carbons (Fsp3) is 0.667. The smallest absolute Gasteiger partial charge is 0.303 e. The van der Waals surface area contributed by atoms with Crippen LogP contribution in [-0.2, 0) is 4.79 Å². The molecule has 0 radical (unpaired) electrons. The normalized spacial score (nSPS) is 23.4. The van der Waals surface area contributed by atoms with Gasteiger partial charge in [0.1, 0.15) is 5.76 Å². The summed E-state index contributed by atoms with van der Waals surface area (Å²) in [4.78, 5) is 13.3. The number of nitrogens with zero attached hydrogens (tertiary/aromatic N) is 1. The molecule has 4 nitrogen and oxygen atoms in total. The van der Waals surface area contributed by atoms with Crippen molar-refractivity contribution in [1.29, 1.82) is 0 Å². The highest BCUT2D eigenvalue weighted by Gasteiger charge is 2.29. The Morgan fingerprint density at radius 2 is 2.30 bits per heavy atom. The molecule has 0 aliphatic carbocycles. The van der Waals surface area contributed by atoms with Gasteiger partial charge in [-0.3, -0.25) is 9.69 Å². The molecule has 1 aliphatic heterocycles. The van der Waals surface area contributed by atoms with E-state index in [1.807, 2.05) is 12.1 Å². The molecule has 1 aromatic heterocycles. The highest BCUT2D eigenvalue weighted by Crippen LogP contribution is 2.32. The molecule has 0 amide bonds. The van der Waals surface area contributed by atoms with Crippen molar-refractivity contribution < 1.29 is 14.3 Å². The Morgan fingerprint density at radius 3 is 2.90 bits per heavy atom. The molecule has 5 heteroatoms. The highest BCUT2D eigenvalue weighted by molar-refractivity contribution is 9.10. The van der Waals surface area contributed by atoms with Crippen LogP contribution >= 0.6 is 15.9 Å². The highest BCUT2D eigenvalue weighted by atomic mass is 79.9. The van der Waals surface area contributed by atoms with Gasteiger partial charge in [-0.15, -0.1) is 0 Å². The number of furan rings is 1. The first-order valence-electron chi connectivity index (χ1n) is 7.18. The predicted octanol–water partition coefficient (Wildman–Crippen LogP) is 3.93. The third kappa shape index (κ3) is 3.85. The van der Waals surface area contributed by atoms with Gasteiger partial charge in [0.15, 0.2) is 4.67 Å². The number of hydrogen-bond acceptors (Lipinski definition) is 3. The van der Waals surface area contributed by atoms with E-state index in [-0.39, 0.29) is 18.4 Å². The van der Waals surface area contributed by atoms with Crippen molar-refractivity contribution in [3.05, 3.63) is 22.6 Å². The number of rotatable bonds is 5. The lowest BCUT2D eigenvalue weighted by atomic mass is 9.84. The minimum atomic E-state index is -0.697. The maximum absolute atomic E-state index is 10.9. The second-order valence-electron chi connectivity index (χ2n) is 5.79. The van der Waals surface area contributed by atoms with E-state index >= 15 is 0 Å². The molecular formula is C15H22BrNO3. The van der Waals surface area contributed by atoms with E-state index in [0.717, 1.165) is 36.4 Å². The summed E-state index contributed by atoms with van der Waals surface area (Å²) >= 11 is 3.34. The van der Waals surface area contributed by atoms with Crippen LogP contribution < -0.4 is 0 Å². The molecule has 0 spiro atoms. The lowest BCUT2D eigenvalue weighted by molar-refractivity contribution is -0.138. The summed E-state index contributed by atoms with van der Waals surface area (Å²) in [7, 11) is 0. The Hall–Kier alpha value is -0.810. The molecule has 2 heterocycles. The predicted molar refractivity (Wildman–Crippen MR) is 80.5 cm³/mol. The fourth-order valence-electron chi connectivity index (χ4n) is 3.03. The van der Waals surface area contributed by atoms with Crippen LogP contribution in [0, 0.1) is 11.8 Å². The zero-order chi connectivity index (χ0) is 14.7. The number of likely N-dealkylation sites (tertiary alicyclic amines) is 1. The molecule has 0 aromatic carbocycles. The number of piperidine rings is 1. The minimum Gasteiger partial charge on any atom is -0.481 e. The number of aliphatic carboxylic acids is 1. The lowest BCUT2D eigenvalue weighted by Gasteiger charge is -2.38. The number of carboxylic acid groups (broad SMARTS) is 1. The van der Waals surface area contributed by atoms with Gasteiger partial charge in [-0.05, 0) is 66.2 Å². The zero-order valence-electron chi connectivity index (χ0n) is 12.0. The molecule has 1 aliphatic rings.